The first-order chi connectivity index (χ1) is 27.8. The molecular weight excluding hydrogens is 737 g/mol. The van der Waals surface area contributed by atoms with Crippen LogP contribution < -0.4 is 5.73 Å². The van der Waals surface area contributed by atoms with Gasteiger partial charge >= 0.3 is 19.8 Å². The second kappa shape index (κ2) is 44.3. The first kappa shape index (κ1) is 55.8. The lowest BCUT2D eigenvalue weighted by molar-refractivity contribution is -0.161. The molecule has 0 aliphatic carbocycles. The van der Waals surface area contributed by atoms with Crippen molar-refractivity contribution >= 4 is 19.8 Å². The highest BCUT2D eigenvalue weighted by molar-refractivity contribution is 7.47. The zero-order valence-electron chi connectivity index (χ0n) is 37.3. The number of phosphoric ester groups is 1. The molecule has 3 N–H and O–H groups in total. The van der Waals surface area contributed by atoms with Crippen molar-refractivity contribution in [3.8, 4) is 0 Å². The molecule has 0 bridgehead atoms. The van der Waals surface area contributed by atoms with Crippen LogP contribution in [0.15, 0.2) is 12.2 Å². The predicted octanol–water partition coefficient (Wildman–Crippen LogP) is 14.2. The van der Waals surface area contributed by atoms with E-state index in [0.717, 1.165) is 32.1 Å². The van der Waals surface area contributed by atoms with E-state index in [4.69, 9.17) is 24.3 Å². The van der Waals surface area contributed by atoms with E-state index in [2.05, 4.69) is 26.0 Å². The van der Waals surface area contributed by atoms with Gasteiger partial charge in [0, 0.05) is 19.4 Å². The first-order valence-corrected chi connectivity index (χ1v) is 25.7. The average molecular weight is 830 g/mol. The molecule has 0 aromatic rings. The lowest BCUT2D eigenvalue weighted by Crippen LogP contribution is -2.29. The third-order valence-electron chi connectivity index (χ3n) is 10.7. The lowest BCUT2D eigenvalue weighted by Gasteiger charge is -2.19. The van der Waals surface area contributed by atoms with Crippen LogP contribution in [0.25, 0.3) is 0 Å². The fraction of sp³-hybridized carbons (Fsp3) is 0.915. The quantitative estimate of drug-likeness (QED) is 0.0266. The minimum Gasteiger partial charge on any atom is -0.462 e. The van der Waals surface area contributed by atoms with Crippen molar-refractivity contribution in [1.82, 2.24) is 0 Å². The van der Waals surface area contributed by atoms with E-state index >= 15 is 0 Å². The zero-order valence-corrected chi connectivity index (χ0v) is 38.2. The Hall–Kier alpha value is -1.25. The smallest absolute Gasteiger partial charge is 0.462 e. The van der Waals surface area contributed by atoms with E-state index < -0.39 is 26.5 Å². The fourth-order valence-corrected chi connectivity index (χ4v) is 7.81. The van der Waals surface area contributed by atoms with Gasteiger partial charge in [-0.05, 0) is 38.5 Å². The third kappa shape index (κ3) is 44.1. The van der Waals surface area contributed by atoms with Crippen molar-refractivity contribution in [3.63, 3.8) is 0 Å². The van der Waals surface area contributed by atoms with Crippen LogP contribution in [0, 0.1) is 0 Å². The average Bonchev–Trinajstić information content (AvgIpc) is 3.20. The van der Waals surface area contributed by atoms with Gasteiger partial charge in [-0.3, -0.25) is 18.6 Å². The van der Waals surface area contributed by atoms with Crippen LogP contribution in [0.4, 0.5) is 0 Å². The number of allylic oxidation sites excluding steroid dienone is 2. The summed E-state index contributed by atoms with van der Waals surface area (Å²) >= 11 is 0. The summed E-state index contributed by atoms with van der Waals surface area (Å²) in [4.78, 5) is 35.0. The van der Waals surface area contributed by atoms with Gasteiger partial charge < -0.3 is 20.1 Å². The number of hydrogen-bond donors (Lipinski definition) is 2. The number of carbonyl (C=O) groups is 2. The van der Waals surface area contributed by atoms with E-state index in [-0.39, 0.29) is 38.6 Å². The largest absolute Gasteiger partial charge is 0.472 e. The minimum atomic E-state index is -4.37. The SMILES string of the molecule is CCCCCCCCC=CCCCCCCCCCCCCCC(=O)OCC(COP(=O)(O)OCCN)OC(=O)CCCCCCCCCCCCCCCCC. The molecule has 0 rings (SSSR count). The summed E-state index contributed by atoms with van der Waals surface area (Å²) in [5.74, 6) is -0.815. The van der Waals surface area contributed by atoms with Crippen LogP contribution in [-0.4, -0.2) is 49.3 Å². The van der Waals surface area contributed by atoms with Gasteiger partial charge in [-0.1, -0.05) is 206 Å². The van der Waals surface area contributed by atoms with Crippen molar-refractivity contribution in [3.05, 3.63) is 12.2 Å². The number of phosphoric acid groups is 1. The Balaban J connectivity index is 4.02. The molecule has 2 atom stereocenters. The highest BCUT2D eigenvalue weighted by Crippen LogP contribution is 2.43. The molecule has 0 aromatic heterocycles. The highest BCUT2D eigenvalue weighted by Gasteiger charge is 2.26. The summed E-state index contributed by atoms with van der Waals surface area (Å²) in [5.41, 5.74) is 5.36. The summed E-state index contributed by atoms with van der Waals surface area (Å²) in [6, 6.07) is 0. The molecule has 9 nitrogen and oxygen atoms in total. The molecule has 0 aliphatic heterocycles. The number of ether oxygens (including phenoxy) is 2. The minimum absolute atomic E-state index is 0.0566. The normalized spacial score (nSPS) is 13.3. The maximum atomic E-state index is 12.6. The molecule has 0 aromatic carbocycles. The number of hydrogen-bond acceptors (Lipinski definition) is 8. The summed E-state index contributed by atoms with van der Waals surface area (Å²) < 4.78 is 32.9. The van der Waals surface area contributed by atoms with E-state index in [1.54, 1.807) is 0 Å². The topological polar surface area (TPSA) is 134 Å². The molecule has 0 aliphatic rings. The number of nitrogens with two attached hydrogens (primary N) is 1. The third-order valence-corrected chi connectivity index (χ3v) is 11.6. The van der Waals surface area contributed by atoms with Crippen molar-refractivity contribution in [1.29, 1.82) is 0 Å². The maximum Gasteiger partial charge on any atom is 0.472 e. The standard InChI is InChI=1S/C47H92NO8P/c1-3-5-7-9-11-13-15-17-19-20-21-22-23-24-26-27-29-31-33-35-37-39-46(49)53-43-45(44-55-57(51,52)54-42-41-48)56-47(50)40-38-36-34-32-30-28-25-18-16-14-12-10-8-6-4-2/h17,19,45H,3-16,18,20-44,48H2,1-2H3,(H,51,52). The molecule has 0 amide bonds. The molecule has 0 saturated heterocycles. The van der Waals surface area contributed by atoms with Crippen molar-refractivity contribution in [2.24, 2.45) is 5.73 Å². The van der Waals surface area contributed by atoms with Crippen LogP contribution in [-0.2, 0) is 32.7 Å². The van der Waals surface area contributed by atoms with Crippen molar-refractivity contribution in [2.45, 2.75) is 251 Å². The number of unbranched alkanes of at least 4 members (excludes halogenated alkanes) is 31. The summed E-state index contributed by atoms with van der Waals surface area (Å²) in [6.07, 6.45) is 46.7. The second-order valence-corrected chi connectivity index (χ2v) is 17.8. The Bertz CT molecular complexity index is 948. The molecule has 338 valence electrons. The second-order valence-electron chi connectivity index (χ2n) is 16.3. The van der Waals surface area contributed by atoms with Gasteiger partial charge in [-0.15, -0.1) is 0 Å². The van der Waals surface area contributed by atoms with Gasteiger partial charge in [0.1, 0.15) is 6.61 Å². The first-order valence-electron chi connectivity index (χ1n) is 24.2. The van der Waals surface area contributed by atoms with Gasteiger partial charge in [-0.25, -0.2) is 4.57 Å². The number of carbonyl (C=O) groups excluding carboxylic acids is 2. The van der Waals surface area contributed by atoms with Crippen LogP contribution >= 0.6 is 7.82 Å². The lowest BCUT2D eigenvalue weighted by atomic mass is 10.0. The summed E-state index contributed by atoms with van der Waals surface area (Å²) in [7, 11) is -4.37. The molecule has 0 spiro atoms. The Kier molecular flexibility index (Phi) is 43.3. The van der Waals surface area contributed by atoms with E-state index in [9.17, 15) is 19.0 Å². The fourth-order valence-electron chi connectivity index (χ4n) is 7.04. The number of rotatable bonds is 46. The Morgan fingerprint density at radius 1 is 0.509 bits per heavy atom. The Morgan fingerprint density at radius 3 is 1.25 bits per heavy atom. The van der Waals surface area contributed by atoms with Crippen molar-refractivity contribution in [2.75, 3.05) is 26.4 Å². The molecule has 0 fully saturated rings. The zero-order chi connectivity index (χ0) is 41.8. The maximum absolute atomic E-state index is 12.6. The molecule has 10 heteroatoms. The van der Waals surface area contributed by atoms with E-state index in [1.165, 1.54) is 180 Å². The van der Waals surface area contributed by atoms with Crippen LogP contribution in [0.2, 0.25) is 0 Å². The Morgan fingerprint density at radius 2 is 0.860 bits per heavy atom. The number of esters is 2. The molecule has 0 heterocycles. The highest BCUT2D eigenvalue weighted by atomic mass is 31.2. The molecule has 2 unspecified atom stereocenters. The van der Waals surface area contributed by atoms with Crippen molar-refractivity contribution < 1.29 is 37.6 Å². The van der Waals surface area contributed by atoms with Crippen LogP contribution in [0.3, 0.4) is 0 Å². The predicted molar refractivity (Wildman–Crippen MR) is 238 cm³/mol. The molecule has 0 radical (unpaired) electrons. The van der Waals surface area contributed by atoms with Gasteiger partial charge in [0.15, 0.2) is 6.10 Å². The summed E-state index contributed by atoms with van der Waals surface area (Å²) in [5, 5.41) is 0. The van der Waals surface area contributed by atoms with Gasteiger partial charge in [0.2, 0.25) is 0 Å². The summed E-state index contributed by atoms with van der Waals surface area (Å²) in [6.45, 7) is 3.77. The monoisotopic (exact) mass is 830 g/mol. The van der Waals surface area contributed by atoms with Crippen LogP contribution in [0.5, 0.6) is 0 Å². The molecular formula is C47H92NO8P. The molecule has 57 heavy (non-hydrogen) atoms. The van der Waals surface area contributed by atoms with Crippen LogP contribution in [0.1, 0.15) is 245 Å². The molecule has 0 saturated carbocycles. The van der Waals surface area contributed by atoms with Gasteiger partial charge in [0.25, 0.3) is 0 Å². The van der Waals surface area contributed by atoms with E-state index in [0.29, 0.717) is 6.42 Å². The van der Waals surface area contributed by atoms with Gasteiger partial charge in [-0.2, -0.15) is 0 Å². The van der Waals surface area contributed by atoms with E-state index in [1.807, 2.05) is 0 Å². The van der Waals surface area contributed by atoms with Gasteiger partial charge in [0.05, 0.1) is 13.2 Å². The Labute approximate surface area is 351 Å².